The summed E-state index contributed by atoms with van der Waals surface area (Å²) in [4.78, 5) is 0. The molecule has 60 valence electrons. The molecule has 1 saturated carbocycles. The second-order valence-electron chi connectivity index (χ2n) is 2.97. The lowest BCUT2D eigenvalue weighted by atomic mass is 9.89. The van der Waals surface area contributed by atoms with E-state index < -0.39 is 0 Å². The van der Waals surface area contributed by atoms with Crippen molar-refractivity contribution >= 4 is 5.69 Å². The molecule has 0 radical (unpaired) electrons. The summed E-state index contributed by atoms with van der Waals surface area (Å²) in [6, 6.07) is 0.160. The highest BCUT2D eigenvalue weighted by atomic mass is 16.3. The number of aliphatic hydroxyl groups excluding tert-OH is 1. The summed E-state index contributed by atoms with van der Waals surface area (Å²) in [6.45, 7) is 0. The van der Waals surface area contributed by atoms with Gasteiger partial charge in [-0.2, -0.15) is 5.10 Å². The molecule has 1 aliphatic carbocycles. The van der Waals surface area contributed by atoms with E-state index in [-0.39, 0.29) is 12.1 Å². The van der Waals surface area contributed by atoms with E-state index in [0.717, 1.165) is 12.8 Å². The van der Waals surface area contributed by atoms with Gasteiger partial charge in [0.05, 0.1) is 24.0 Å². The van der Waals surface area contributed by atoms with E-state index in [4.69, 9.17) is 5.73 Å². The molecule has 0 bridgehead atoms. The highest BCUT2D eigenvalue weighted by Gasteiger charge is 2.30. The molecule has 4 nitrogen and oxygen atoms in total. The predicted molar refractivity (Wildman–Crippen MR) is 40.9 cm³/mol. The van der Waals surface area contributed by atoms with Crippen LogP contribution in [0.25, 0.3) is 0 Å². The van der Waals surface area contributed by atoms with Gasteiger partial charge in [0.2, 0.25) is 0 Å². The van der Waals surface area contributed by atoms with Gasteiger partial charge in [-0.15, -0.1) is 0 Å². The Morgan fingerprint density at radius 3 is 2.82 bits per heavy atom. The van der Waals surface area contributed by atoms with Crippen LogP contribution in [0.1, 0.15) is 18.9 Å². The number of aromatic nitrogens is 2. The van der Waals surface area contributed by atoms with Crippen molar-refractivity contribution < 1.29 is 5.11 Å². The number of anilines is 1. The van der Waals surface area contributed by atoms with Gasteiger partial charge in [0, 0.05) is 6.20 Å². The highest BCUT2D eigenvalue weighted by Crippen LogP contribution is 2.31. The smallest absolute Gasteiger partial charge is 0.0779 e. The van der Waals surface area contributed by atoms with Crippen molar-refractivity contribution in [1.29, 1.82) is 0 Å². The number of nitrogen functional groups attached to an aromatic ring is 1. The van der Waals surface area contributed by atoms with Crippen molar-refractivity contribution in [2.45, 2.75) is 25.0 Å². The van der Waals surface area contributed by atoms with Crippen LogP contribution < -0.4 is 5.73 Å². The van der Waals surface area contributed by atoms with Gasteiger partial charge < -0.3 is 10.8 Å². The Morgan fingerprint density at radius 2 is 2.45 bits per heavy atom. The Kier molecular flexibility index (Phi) is 1.35. The summed E-state index contributed by atoms with van der Waals surface area (Å²) in [5.74, 6) is 0. The van der Waals surface area contributed by atoms with E-state index in [9.17, 15) is 5.11 Å². The fourth-order valence-electron chi connectivity index (χ4n) is 1.31. The van der Waals surface area contributed by atoms with Gasteiger partial charge >= 0.3 is 0 Å². The van der Waals surface area contributed by atoms with Gasteiger partial charge in [0.15, 0.2) is 0 Å². The number of nitrogens with two attached hydrogens (primary N) is 1. The van der Waals surface area contributed by atoms with Crippen LogP contribution in [-0.2, 0) is 0 Å². The van der Waals surface area contributed by atoms with Crippen LogP contribution in [0, 0.1) is 0 Å². The first-order chi connectivity index (χ1) is 5.27. The molecule has 0 amide bonds. The summed E-state index contributed by atoms with van der Waals surface area (Å²) in [5, 5.41) is 13.3. The van der Waals surface area contributed by atoms with Crippen molar-refractivity contribution in [3.8, 4) is 0 Å². The van der Waals surface area contributed by atoms with Crippen LogP contribution >= 0.6 is 0 Å². The number of rotatable bonds is 1. The molecule has 1 fully saturated rings. The SMILES string of the molecule is Nc1cnn(C2CCC2O)c1. The molecule has 1 aromatic heterocycles. The fraction of sp³-hybridized carbons (Fsp3) is 0.571. The molecule has 0 saturated heterocycles. The van der Waals surface area contributed by atoms with E-state index in [2.05, 4.69) is 5.10 Å². The van der Waals surface area contributed by atoms with Gasteiger partial charge in [-0.1, -0.05) is 0 Å². The average Bonchev–Trinajstić information content (AvgIpc) is 2.33. The molecule has 1 heterocycles. The molecule has 0 aliphatic heterocycles. The third-order valence-electron chi connectivity index (χ3n) is 2.16. The first kappa shape index (κ1) is 6.67. The fourth-order valence-corrected chi connectivity index (χ4v) is 1.31. The summed E-state index contributed by atoms with van der Waals surface area (Å²) >= 11 is 0. The maximum atomic E-state index is 9.27. The largest absolute Gasteiger partial charge is 0.396 e. The van der Waals surface area contributed by atoms with Crippen molar-refractivity contribution in [2.24, 2.45) is 0 Å². The second kappa shape index (κ2) is 2.23. The van der Waals surface area contributed by atoms with Crippen LogP contribution in [-0.4, -0.2) is 21.0 Å². The molecule has 3 N–H and O–H groups in total. The summed E-state index contributed by atoms with van der Waals surface area (Å²) < 4.78 is 1.74. The monoisotopic (exact) mass is 153 g/mol. The van der Waals surface area contributed by atoms with Crippen LogP contribution in [0.3, 0.4) is 0 Å². The zero-order valence-electron chi connectivity index (χ0n) is 6.14. The molecule has 1 aliphatic rings. The topological polar surface area (TPSA) is 64.1 Å². The molecule has 11 heavy (non-hydrogen) atoms. The van der Waals surface area contributed by atoms with E-state index in [1.165, 1.54) is 0 Å². The number of hydrogen-bond acceptors (Lipinski definition) is 3. The molecule has 2 unspecified atom stereocenters. The molecule has 4 heteroatoms. The molecular weight excluding hydrogens is 142 g/mol. The minimum absolute atomic E-state index is 0.160. The maximum absolute atomic E-state index is 9.27. The standard InChI is InChI=1S/C7H11N3O/c8-5-3-9-10(4-5)6-1-2-7(6)11/h3-4,6-7,11H,1-2,8H2. The van der Waals surface area contributed by atoms with E-state index in [1.807, 2.05) is 0 Å². The van der Waals surface area contributed by atoms with Crippen LogP contribution in [0.5, 0.6) is 0 Å². The molecule has 0 spiro atoms. The minimum atomic E-state index is -0.228. The normalized spacial score (nSPS) is 29.9. The number of hydrogen-bond donors (Lipinski definition) is 2. The van der Waals surface area contributed by atoms with Gasteiger partial charge in [-0.05, 0) is 12.8 Å². The first-order valence-electron chi connectivity index (χ1n) is 3.75. The van der Waals surface area contributed by atoms with Crippen LogP contribution in [0.4, 0.5) is 5.69 Å². The van der Waals surface area contributed by atoms with Gasteiger partial charge in [-0.3, -0.25) is 4.68 Å². The third-order valence-corrected chi connectivity index (χ3v) is 2.16. The zero-order valence-corrected chi connectivity index (χ0v) is 6.14. The Bertz CT molecular complexity index is 258. The highest BCUT2D eigenvalue weighted by molar-refractivity contribution is 5.30. The lowest BCUT2D eigenvalue weighted by Crippen LogP contribution is -2.33. The summed E-state index contributed by atoms with van der Waals surface area (Å²) in [6.07, 6.45) is 5.01. The van der Waals surface area contributed by atoms with E-state index in [1.54, 1.807) is 17.1 Å². The lowest BCUT2D eigenvalue weighted by molar-refractivity contribution is 0.0254. The van der Waals surface area contributed by atoms with Gasteiger partial charge in [-0.25, -0.2) is 0 Å². The molecule has 1 aromatic rings. The average molecular weight is 153 g/mol. The predicted octanol–water partition coefficient (Wildman–Crippen LogP) is 0.161. The van der Waals surface area contributed by atoms with E-state index >= 15 is 0 Å². The Morgan fingerprint density at radius 1 is 1.64 bits per heavy atom. The molecule has 2 atom stereocenters. The molecular formula is C7H11N3O. The Balaban J connectivity index is 2.16. The third kappa shape index (κ3) is 0.991. The van der Waals surface area contributed by atoms with Crippen molar-refractivity contribution in [3.05, 3.63) is 12.4 Å². The van der Waals surface area contributed by atoms with Gasteiger partial charge in [0.25, 0.3) is 0 Å². The Hall–Kier alpha value is -1.03. The number of nitrogens with zero attached hydrogens (tertiary/aromatic N) is 2. The summed E-state index contributed by atoms with van der Waals surface area (Å²) in [7, 11) is 0. The van der Waals surface area contributed by atoms with Crippen molar-refractivity contribution in [3.63, 3.8) is 0 Å². The second-order valence-corrected chi connectivity index (χ2v) is 2.97. The quantitative estimate of drug-likeness (QED) is 0.604. The summed E-state index contributed by atoms with van der Waals surface area (Å²) in [5.41, 5.74) is 6.13. The first-order valence-corrected chi connectivity index (χ1v) is 3.75. The zero-order chi connectivity index (χ0) is 7.84. The maximum Gasteiger partial charge on any atom is 0.0779 e. The van der Waals surface area contributed by atoms with Crippen molar-refractivity contribution in [1.82, 2.24) is 9.78 Å². The minimum Gasteiger partial charge on any atom is -0.396 e. The van der Waals surface area contributed by atoms with E-state index in [0.29, 0.717) is 5.69 Å². The van der Waals surface area contributed by atoms with Crippen LogP contribution in [0.2, 0.25) is 0 Å². The van der Waals surface area contributed by atoms with Crippen LogP contribution in [0.15, 0.2) is 12.4 Å². The Labute approximate surface area is 64.6 Å². The van der Waals surface area contributed by atoms with Crippen molar-refractivity contribution in [2.75, 3.05) is 5.73 Å². The van der Waals surface area contributed by atoms with Gasteiger partial charge in [0.1, 0.15) is 0 Å². The lowest BCUT2D eigenvalue weighted by Gasteiger charge is -2.32. The molecule has 2 rings (SSSR count). The number of aliphatic hydroxyl groups is 1. The molecule has 0 aromatic carbocycles.